The highest BCUT2D eigenvalue weighted by molar-refractivity contribution is 7.15. The molecule has 0 fully saturated rings. The molecule has 0 aliphatic carbocycles. The number of nitrogens with one attached hydrogen (secondary N) is 2. The highest BCUT2D eigenvalue weighted by Gasteiger charge is 2.14. The monoisotopic (exact) mass is 563 g/mol. The van der Waals surface area contributed by atoms with Gasteiger partial charge < -0.3 is 9.47 Å². The van der Waals surface area contributed by atoms with Gasteiger partial charge in [-0.05, 0) is 55.3 Å². The number of rotatable bonds is 11. The van der Waals surface area contributed by atoms with E-state index in [0.29, 0.717) is 51.0 Å². The summed E-state index contributed by atoms with van der Waals surface area (Å²) in [6.45, 7) is 4.49. The van der Waals surface area contributed by atoms with Crippen LogP contribution in [-0.2, 0) is 17.8 Å². The number of ether oxygens (including phenoxy) is 2. The molecule has 39 heavy (non-hydrogen) atoms. The van der Waals surface area contributed by atoms with Gasteiger partial charge in [-0.15, -0.1) is 10.2 Å². The Bertz CT molecular complexity index is 1490. The Hall–Kier alpha value is -4.28. The Morgan fingerprint density at radius 3 is 2.62 bits per heavy atom. The summed E-state index contributed by atoms with van der Waals surface area (Å²) in [5, 5.41) is 16.1. The second kappa shape index (κ2) is 13.5. The Morgan fingerprint density at radius 2 is 1.82 bits per heavy atom. The van der Waals surface area contributed by atoms with Crippen molar-refractivity contribution < 1.29 is 19.1 Å². The lowest BCUT2D eigenvalue weighted by atomic mass is 10.1. The summed E-state index contributed by atoms with van der Waals surface area (Å²) in [4.78, 5) is 24.8. The number of aryl methyl sites for hydroxylation is 1. The summed E-state index contributed by atoms with van der Waals surface area (Å²) >= 11 is 7.34. The summed E-state index contributed by atoms with van der Waals surface area (Å²) in [7, 11) is 0. The smallest absolute Gasteiger partial charge is 0.257 e. The van der Waals surface area contributed by atoms with E-state index >= 15 is 0 Å². The lowest BCUT2D eigenvalue weighted by molar-refractivity contribution is -0.120. The number of amides is 2. The van der Waals surface area contributed by atoms with Crippen molar-refractivity contribution in [3.8, 4) is 11.5 Å². The molecule has 4 rings (SSSR count). The maximum absolute atomic E-state index is 12.5. The number of carbonyl (C=O) groups excluding carboxylic acids is 2. The normalized spacial score (nSPS) is 10.8. The molecule has 9 nitrogen and oxygen atoms in total. The van der Waals surface area contributed by atoms with Crippen LogP contribution < -0.4 is 20.2 Å². The van der Waals surface area contributed by atoms with Crippen LogP contribution >= 0.6 is 22.9 Å². The van der Waals surface area contributed by atoms with Crippen LogP contribution in [0, 0.1) is 6.92 Å². The van der Waals surface area contributed by atoms with Crippen LogP contribution in [0.3, 0.4) is 0 Å². The number of hydrazone groups is 1. The van der Waals surface area contributed by atoms with Crippen molar-refractivity contribution in [2.75, 3.05) is 11.9 Å². The van der Waals surface area contributed by atoms with Gasteiger partial charge in [0.15, 0.2) is 11.5 Å². The highest BCUT2D eigenvalue weighted by atomic mass is 35.5. The number of nitrogens with zero attached hydrogens (tertiary/aromatic N) is 3. The average Bonchev–Trinajstić information content (AvgIpc) is 3.35. The third kappa shape index (κ3) is 7.86. The van der Waals surface area contributed by atoms with Crippen molar-refractivity contribution >= 4 is 46.1 Å². The molecular weight excluding hydrogens is 538 g/mol. The molecule has 0 saturated heterocycles. The number of anilines is 1. The Balaban J connectivity index is 1.30. The van der Waals surface area contributed by atoms with Crippen LogP contribution in [0.25, 0.3) is 0 Å². The van der Waals surface area contributed by atoms with Gasteiger partial charge in [-0.1, -0.05) is 59.3 Å². The molecule has 200 valence electrons. The molecule has 0 bridgehead atoms. The molecule has 2 amide bonds. The van der Waals surface area contributed by atoms with Gasteiger partial charge in [0, 0.05) is 16.1 Å². The van der Waals surface area contributed by atoms with Crippen LogP contribution in [-0.4, -0.2) is 34.8 Å². The van der Waals surface area contributed by atoms with Crippen molar-refractivity contribution in [1.29, 1.82) is 0 Å². The fraction of sp³-hybridized carbons (Fsp3) is 0.179. The van der Waals surface area contributed by atoms with E-state index in [1.807, 2.05) is 50.2 Å². The molecule has 0 aliphatic heterocycles. The summed E-state index contributed by atoms with van der Waals surface area (Å²) in [6, 6.07) is 20.1. The molecule has 0 aliphatic rings. The van der Waals surface area contributed by atoms with Crippen LogP contribution in [0.4, 0.5) is 5.13 Å². The Morgan fingerprint density at radius 1 is 1.03 bits per heavy atom. The third-order valence-corrected chi connectivity index (χ3v) is 6.61. The van der Waals surface area contributed by atoms with E-state index in [-0.39, 0.29) is 18.2 Å². The quantitative estimate of drug-likeness (QED) is 0.186. The van der Waals surface area contributed by atoms with Crippen molar-refractivity contribution in [3.63, 3.8) is 0 Å². The average molecular weight is 564 g/mol. The number of carbonyl (C=O) groups is 2. The second-order valence-corrected chi connectivity index (χ2v) is 9.73. The first-order valence-electron chi connectivity index (χ1n) is 12.1. The van der Waals surface area contributed by atoms with Crippen LogP contribution in [0.5, 0.6) is 11.5 Å². The number of hydrogen-bond acceptors (Lipinski definition) is 8. The minimum atomic E-state index is -0.371. The van der Waals surface area contributed by atoms with Crippen molar-refractivity contribution in [2.24, 2.45) is 5.10 Å². The lowest BCUT2D eigenvalue weighted by Gasteiger charge is -2.13. The van der Waals surface area contributed by atoms with Gasteiger partial charge in [-0.2, -0.15) is 5.10 Å². The second-order valence-electron chi connectivity index (χ2n) is 8.26. The zero-order valence-electron chi connectivity index (χ0n) is 21.3. The summed E-state index contributed by atoms with van der Waals surface area (Å²) in [5.74, 6) is 0.467. The Kier molecular flexibility index (Phi) is 9.60. The zero-order chi connectivity index (χ0) is 27.6. The molecule has 0 saturated carbocycles. The van der Waals surface area contributed by atoms with Gasteiger partial charge in [-0.25, -0.2) is 5.43 Å². The zero-order valence-corrected chi connectivity index (χ0v) is 22.9. The number of aromatic nitrogens is 2. The SMILES string of the molecule is CCOc1cc(C=NNC(=O)Cc2nnc(NC(=O)c3ccccc3C)s2)ccc1OCc1ccccc1Cl. The molecule has 11 heteroatoms. The number of halogens is 1. The first-order valence-corrected chi connectivity index (χ1v) is 13.3. The summed E-state index contributed by atoms with van der Waals surface area (Å²) in [5.41, 5.74) is 5.45. The van der Waals surface area contributed by atoms with Gasteiger partial charge in [-0.3, -0.25) is 14.9 Å². The van der Waals surface area contributed by atoms with Crippen molar-refractivity contribution in [2.45, 2.75) is 26.9 Å². The van der Waals surface area contributed by atoms with Crippen molar-refractivity contribution in [3.05, 3.63) is 99.0 Å². The molecule has 1 heterocycles. The number of benzene rings is 3. The van der Waals surface area contributed by atoms with Gasteiger partial charge in [0.1, 0.15) is 11.6 Å². The van der Waals surface area contributed by atoms with E-state index in [1.54, 1.807) is 30.3 Å². The van der Waals surface area contributed by atoms with E-state index in [2.05, 4.69) is 26.0 Å². The molecule has 0 radical (unpaired) electrons. The minimum Gasteiger partial charge on any atom is -0.490 e. The maximum atomic E-state index is 12.5. The van der Waals surface area contributed by atoms with Crippen LogP contribution in [0.2, 0.25) is 5.02 Å². The fourth-order valence-electron chi connectivity index (χ4n) is 3.49. The predicted molar refractivity (Wildman–Crippen MR) is 152 cm³/mol. The molecule has 4 aromatic rings. The molecule has 0 atom stereocenters. The fourth-order valence-corrected chi connectivity index (χ4v) is 4.41. The molecule has 0 unspecified atom stereocenters. The maximum Gasteiger partial charge on any atom is 0.257 e. The van der Waals surface area contributed by atoms with Gasteiger partial charge >= 0.3 is 0 Å². The molecular formula is C28H26ClN5O4S. The third-order valence-electron chi connectivity index (χ3n) is 5.40. The first kappa shape index (κ1) is 27.7. The van der Waals surface area contributed by atoms with E-state index in [0.717, 1.165) is 22.5 Å². The number of hydrogen-bond donors (Lipinski definition) is 2. The van der Waals surface area contributed by atoms with E-state index < -0.39 is 0 Å². The summed E-state index contributed by atoms with van der Waals surface area (Å²) < 4.78 is 11.6. The molecule has 3 aromatic carbocycles. The van der Waals surface area contributed by atoms with Gasteiger partial charge in [0.25, 0.3) is 5.91 Å². The van der Waals surface area contributed by atoms with E-state index in [1.165, 1.54) is 6.21 Å². The van der Waals surface area contributed by atoms with Gasteiger partial charge in [0.05, 0.1) is 19.2 Å². The summed E-state index contributed by atoms with van der Waals surface area (Å²) in [6.07, 6.45) is 1.47. The van der Waals surface area contributed by atoms with Crippen LogP contribution in [0.1, 0.15) is 39.0 Å². The first-order chi connectivity index (χ1) is 18.9. The topological polar surface area (TPSA) is 115 Å². The van der Waals surface area contributed by atoms with E-state index in [9.17, 15) is 9.59 Å². The van der Waals surface area contributed by atoms with Crippen molar-refractivity contribution in [1.82, 2.24) is 15.6 Å². The molecule has 2 N–H and O–H groups in total. The standard InChI is InChI=1S/C28H26ClN5O4S/c1-3-37-24-14-19(12-13-23(24)38-17-20-9-5-7-11-22(20)29)16-30-32-25(35)15-26-33-34-28(39-26)31-27(36)21-10-6-4-8-18(21)2/h4-14,16H,3,15,17H2,1-2H3,(H,32,35)(H,31,34,36). The Labute approximate surface area is 234 Å². The molecule has 0 spiro atoms. The highest BCUT2D eigenvalue weighted by Crippen LogP contribution is 2.29. The largest absolute Gasteiger partial charge is 0.490 e. The van der Waals surface area contributed by atoms with Gasteiger partial charge in [0.2, 0.25) is 11.0 Å². The van der Waals surface area contributed by atoms with Crippen LogP contribution in [0.15, 0.2) is 71.8 Å². The predicted octanol–water partition coefficient (Wildman–Crippen LogP) is 5.42. The molecule has 1 aromatic heterocycles. The lowest BCUT2D eigenvalue weighted by Crippen LogP contribution is -2.19. The minimum absolute atomic E-state index is 0.0335. The van der Waals surface area contributed by atoms with E-state index in [4.69, 9.17) is 21.1 Å².